The summed E-state index contributed by atoms with van der Waals surface area (Å²) in [5, 5.41) is -0.176. The van der Waals surface area contributed by atoms with Crippen molar-refractivity contribution in [2.24, 2.45) is 5.92 Å². The van der Waals surface area contributed by atoms with Gasteiger partial charge in [-0.2, -0.15) is 0 Å². The quantitative estimate of drug-likeness (QED) is 0.651. The van der Waals surface area contributed by atoms with E-state index in [-0.39, 0.29) is 11.2 Å². The van der Waals surface area contributed by atoms with Crippen LogP contribution in [0.2, 0.25) is 0 Å². The van der Waals surface area contributed by atoms with Gasteiger partial charge >= 0.3 is 0 Å². The second-order valence-corrected chi connectivity index (χ2v) is 7.09. The summed E-state index contributed by atoms with van der Waals surface area (Å²) < 4.78 is 16.3. The van der Waals surface area contributed by atoms with Gasteiger partial charge in [-0.15, -0.1) is 11.6 Å². The minimum Gasteiger partial charge on any atom is -0.327 e. The van der Waals surface area contributed by atoms with E-state index < -0.39 is 0 Å². The molecule has 1 aliphatic carbocycles. The molecule has 108 valence electrons. The minimum absolute atomic E-state index is 0.176. The third-order valence-corrected chi connectivity index (χ3v) is 4.67. The molecular formula is C15H17BrClFN2. The van der Waals surface area contributed by atoms with E-state index >= 15 is 0 Å². The lowest BCUT2D eigenvalue weighted by Crippen LogP contribution is -2.05. The van der Waals surface area contributed by atoms with Crippen molar-refractivity contribution in [2.45, 2.75) is 44.5 Å². The lowest BCUT2D eigenvalue weighted by atomic mass is 10.2. The predicted molar refractivity (Wildman–Crippen MR) is 83.6 cm³/mol. The monoisotopic (exact) mass is 358 g/mol. The number of hydrogen-bond acceptors (Lipinski definition) is 1. The van der Waals surface area contributed by atoms with E-state index in [2.05, 4.69) is 25.5 Å². The fourth-order valence-electron chi connectivity index (χ4n) is 2.62. The summed E-state index contributed by atoms with van der Waals surface area (Å²) in [6, 6.07) is 3.27. The summed E-state index contributed by atoms with van der Waals surface area (Å²) in [7, 11) is 0. The Morgan fingerprint density at radius 1 is 1.50 bits per heavy atom. The fraction of sp³-hybridized carbons (Fsp3) is 0.533. The van der Waals surface area contributed by atoms with Gasteiger partial charge < -0.3 is 4.57 Å². The molecule has 0 saturated heterocycles. The molecule has 1 aromatic heterocycles. The van der Waals surface area contributed by atoms with E-state index in [1.165, 1.54) is 19.3 Å². The Kier molecular flexibility index (Phi) is 4.04. The van der Waals surface area contributed by atoms with Crippen LogP contribution in [0.15, 0.2) is 16.6 Å². The molecule has 1 aliphatic rings. The number of rotatable bonds is 5. The molecule has 0 aliphatic heterocycles. The van der Waals surface area contributed by atoms with Crippen LogP contribution in [0.25, 0.3) is 11.0 Å². The zero-order chi connectivity index (χ0) is 14.3. The Balaban J connectivity index is 1.96. The molecule has 1 unspecified atom stereocenters. The van der Waals surface area contributed by atoms with Crippen LogP contribution < -0.4 is 0 Å². The maximum absolute atomic E-state index is 13.8. The van der Waals surface area contributed by atoms with Crippen LogP contribution in [-0.4, -0.2) is 9.55 Å². The topological polar surface area (TPSA) is 17.8 Å². The molecule has 0 amide bonds. The number of imidazole rings is 1. The molecule has 1 atom stereocenters. The van der Waals surface area contributed by atoms with Crippen molar-refractivity contribution in [2.75, 3.05) is 0 Å². The van der Waals surface area contributed by atoms with Crippen molar-refractivity contribution in [3.63, 3.8) is 0 Å². The molecule has 1 heterocycles. The van der Waals surface area contributed by atoms with Gasteiger partial charge in [-0.1, -0.05) is 12.8 Å². The standard InChI is InChI=1S/C15H17BrClFN2/c1-9(17)15-19-13-7-11(16)12(18)8-14(13)20(15)6-2-3-10-4-5-10/h7-10H,2-6H2,1H3. The lowest BCUT2D eigenvalue weighted by molar-refractivity contribution is 0.567. The molecule has 3 rings (SSSR count). The first-order valence-electron chi connectivity index (χ1n) is 7.05. The van der Waals surface area contributed by atoms with Crippen molar-refractivity contribution in [3.05, 3.63) is 28.2 Å². The number of hydrogen-bond donors (Lipinski definition) is 0. The van der Waals surface area contributed by atoms with Gasteiger partial charge in [-0.3, -0.25) is 0 Å². The third-order valence-electron chi connectivity index (χ3n) is 3.87. The molecule has 1 fully saturated rings. The van der Waals surface area contributed by atoms with Crippen molar-refractivity contribution in [3.8, 4) is 0 Å². The van der Waals surface area contributed by atoms with E-state index in [4.69, 9.17) is 11.6 Å². The van der Waals surface area contributed by atoms with E-state index in [0.717, 1.165) is 35.7 Å². The van der Waals surface area contributed by atoms with Gasteiger partial charge in [0.2, 0.25) is 0 Å². The molecule has 0 radical (unpaired) electrons. The molecule has 1 saturated carbocycles. The molecule has 20 heavy (non-hydrogen) atoms. The second-order valence-electron chi connectivity index (χ2n) is 5.58. The third kappa shape index (κ3) is 2.86. The minimum atomic E-state index is -0.255. The van der Waals surface area contributed by atoms with E-state index in [1.807, 2.05) is 6.92 Å². The average molecular weight is 360 g/mol. The molecule has 0 bridgehead atoms. The van der Waals surface area contributed by atoms with Crippen molar-refractivity contribution < 1.29 is 4.39 Å². The van der Waals surface area contributed by atoms with Crippen LogP contribution in [0.4, 0.5) is 4.39 Å². The highest BCUT2D eigenvalue weighted by Crippen LogP contribution is 2.34. The fourth-order valence-corrected chi connectivity index (χ4v) is 3.12. The summed E-state index contributed by atoms with van der Waals surface area (Å²) in [6.45, 7) is 2.77. The summed E-state index contributed by atoms with van der Waals surface area (Å²) in [5.41, 5.74) is 1.64. The zero-order valence-electron chi connectivity index (χ0n) is 11.4. The zero-order valence-corrected chi connectivity index (χ0v) is 13.7. The van der Waals surface area contributed by atoms with Gasteiger partial charge in [0.25, 0.3) is 0 Å². The Morgan fingerprint density at radius 2 is 2.25 bits per heavy atom. The van der Waals surface area contributed by atoms with Crippen LogP contribution >= 0.6 is 27.5 Å². The molecule has 5 heteroatoms. The number of aromatic nitrogens is 2. The number of aryl methyl sites for hydroxylation is 1. The normalized spacial score (nSPS) is 16.8. The van der Waals surface area contributed by atoms with Gasteiger partial charge in [0, 0.05) is 12.6 Å². The molecule has 0 spiro atoms. The maximum Gasteiger partial charge on any atom is 0.139 e. The van der Waals surface area contributed by atoms with Crippen LogP contribution in [0, 0.1) is 11.7 Å². The second kappa shape index (κ2) is 5.64. The highest BCUT2D eigenvalue weighted by atomic mass is 79.9. The first-order valence-corrected chi connectivity index (χ1v) is 8.28. The lowest BCUT2D eigenvalue weighted by Gasteiger charge is -2.10. The van der Waals surface area contributed by atoms with Crippen molar-refractivity contribution in [1.29, 1.82) is 0 Å². The number of fused-ring (bicyclic) bond motifs is 1. The predicted octanol–water partition coefficient (Wildman–Crippen LogP) is 5.43. The average Bonchev–Trinajstić information content (AvgIpc) is 3.14. The molecule has 1 aromatic carbocycles. The number of alkyl halides is 1. The number of nitrogens with zero attached hydrogens (tertiary/aromatic N) is 2. The van der Waals surface area contributed by atoms with Gasteiger partial charge in [0.1, 0.15) is 11.6 Å². The van der Waals surface area contributed by atoms with Crippen molar-refractivity contribution in [1.82, 2.24) is 9.55 Å². The molecule has 2 nitrogen and oxygen atoms in total. The summed E-state index contributed by atoms with van der Waals surface area (Å²) >= 11 is 9.43. The Bertz CT molecular complexity index is 634. The smallest absolute Gasteiger partial charge is 0.139 e. The van der Waals surface area contributed by atoms with Crippen LogP contribution in [-0.2, 0) is 6.54 Å². The van der Waals surface area contributed by atoms with Gasteiger partial charge in [0.15, 0.2) is 0 Å². The van der Waals surface area contributed by atoms with Crippen molar-refractivity contribution >= 4 is 38.6 Å². The molecule has 2 aromatic rings. The van der Waals surface area contributed by atoms with Crippen LogP contribution in [0.1, 0.15) is 43.8 Å². The van der Waals surface area contributed by atoms with Crippen LogP contribution in [0.5, 0.6) is 0 Å². The number of benzene rings is 1. The van der Waals surface area contributed by atoms with Gasteiger partial charge in [0.05, 0.1) is 20.9 Å². The Hall–Kier alpha value is -0.610. The summed E-state index contributed by atoms with van der Waals surface area (Å²) in [6.07, 6.45) is 5.08. The van der Waals surface area contributed by atoms with E-state index in [1.54, 1.807) is 12.1 Å². The SMILES string of the molecule is CC(Cl)c1nc2cc(Br)c(F)cc2n1CCCC1CC1. The van der Waals surface area contributed by atoms with E-state index in [9.17, 15) is 4.39 Å². The summed E-state index contributed by atoms with van der Waals surface area (Å²) in [4.78, 5) is 4.56. The maximum atomic E-state index is 13.8. The Morgan fingerprint density at radius 3 is 2.90 bits per heavy atom. The first-order chi connectivity index (χ1) is 9.56. The first kappa shape index (κ1) is 14.3. The summed E-state index contributed by atoms with van der Waals surface area (Å²) in [5.74, 6) is 1.48. The van der Waals surface area contributed by atoms with Gasteiger partial charge in [-0.25, -0.2) is 9.37 Å². The number of halogens is 3. The highest BCUT2D eigenvalue weighted by Gasteiger charge is 2.21. The van der Waals surface area contributed by atoms with E-state index in [0.29, 0.717) is 4.47 Å². The molecule has 0 N–H and O–H groups in total. The highest BCUT2D eigenvalue weighted by molar-refractivity contribution is 9.10. The molecular weight excluding hydrogens is 343 g/mol. The Labute approximate surface area is 131 Å². The largest absolute Gasteiger partial charge is 0.327 e. The van der Waals surface area contributed by atoms with Crippen LogP contribution in [0.3, 0.4) is 0 Å². The van der Waals surface area contributed by atoms with Gasteiger partial charge in [-0.05, 0) is 47.7 Å².